The van der Waals surface area contributed by atoms with Crippen LogP contribution in [0.3, 0.4) is 0 Å². The van der Waals surface area contributed by atoms with E-state index in [-0.39, 0.29) is 5.92 Å². The maximum absolute atomic E-state index is 13.7. The van der Waals surface area contributed by atoms with E-state index in [0.29, 0.717) is 12.1 Å². The van der Waals surface area contributed by atoms with Crippen LogP contribution in [0, 0.1) is 23.5 Å². The molecule has 0 aliphatic carbocycles. The summed E-state index contributed by atoms with van der Waals surface area (Å²) < 4.78 is 49.4. The Balaban J connectivity index is 3.13. The number of amides is 1. The van der Waals surface area contributed by atoms with Crippen molar-refractivity contribution in [2.24, 2.45) is 17.0 Å². The maximum atomic E-state index is 13.7. The van der Waals surface area contributed by atoms with E-state index in [1.54, 1.807) is 20.8 Å². The summed E-state index contributed by atoms with van der Waals surface area (Å²) in [4.78, 5) is 11.1. The number of primary sulfonamides is 1. The number of carbonyl (C=O) groups excluding carboxylic acids is 1. The molecule has 0 saturated carbocycles. The van der Waals surface area contributed by atoms with Crippen LogP contribution in [0.2, 0.25) is 0 Å². The molecule has 0 saturated heterocycles. The Morgan fingerprint density at radius 1 is 1.20 bits per heavy atom. The van der Waals surface area contributed by atoms with Crippen molar-refractivity contribution in [1.82, 2.24) is 0 Å². The van der Waals surface area contributed by atoms with Gasteiger partial charge >= 0.3 is 0 Å². The van der Waals surface area contributed by atoms with Gasteiger partial charge in [0.05, 0.1) is 4.90 Å². The maximum Gasteiger partial charge on any atom is 0.238 e. The van der Waals surface area contributed by atoms with Gasteiger partial charge in [0.25, 0.3) is 0 Å². The van der Waals surface area contributed by atoms with Gasteiger partial charge in [-0.05, 0) is 18.1 Å². The minimum Gasteiger partial charge on any atom is -0.321 e. The molecule has 1 amide bonds. The average Bonchev–Trinajstić information content (AvgIpc) is 2.30. The number of carbonyl (C=O) groups is 1. The molecule has 3 N–H and O–H groups in total. The lowest BCUT2D eigenvalue weighted by Crippen LogP contribution is -2.25. The van der Waals surface area contributed by atoms with Crippen LogP contribution in [0.25, 0.3) is 0 Å². The van der Waals surface area contributed by atoms with Crippen molar-refractivity contribution in [3.05, 3.63) is 23.8 Å². The van der Waals surface area contributed by atoms with Crippen LogP contribution < -0.4 is 10.5 Å². The molecule has 112 valence electrons. The van der Waals surface area contributed by atoms with Crippen LogP contribution in [0.4, 0.5) is 14.5 Å². The second-order valence-electron chi connectivity index (χ2n) is 4.83. The molecule has 1 aromatic carbocycles. The molecule has 8 heteroatoms. The largest absolute Gasteiger partial charge is 0.321 e. The average molecular weight is 306 g/mol. The highest BCUT2D eigenvalue weighted by Gasteiger charge is 2.22. The molecular formula is C12H16F2N2O3S. The van der Waals surface area contributed by atoms with Crippen molar-refractivity contribution in [3.63, 3.8) is 0 Å². The third kappa shape index (κ3) is 3.73. The first kappa shape index (κ1) is 16.5. The van der Waals surface area contributed by atoms with E-state index < -0.39 is 44.1 Å². The smallest absolute Gasteiger partial charge is 0.238 e. The highest BCUT2D eigenvalue weighted by molar-refractivity contribution is 7.89. The zero-order valence-corrected chi connectivity index (χ0v) is 12.1. The lowest BCUT2D eigenvalue weighted by atomic mass is 9.97. The van der Waals surface area contributed by atoms with Crippen LogP contribution >= 0.6 is 0 Å². The Morgan fingerprint density at radius 3 is 2.00 bits per heavy atom. The number of sulfonamides is 1. The van der Waals surface area contributed by atoms with Gasteiger partial charge in [-0.3, -0.25) is 4.79 Å². The summed E-state index contributed by atoms with van der Waals surface area (Å²) >= 11 is 0. The van der Waals surface area contributed by atoms with Gasteiger partial charge in [0.2, 0.25) is 15.9 Å². The minimum atomic E-state index is -4.22. The van der Waals surface area contributed by atoms with Gasteiger partial charge in [-0.2, -0.15) is 0 Å². The molecule has 1 rings (SSSR count). The first-order valence-electron chi connectivity index (χ1n) is 5.86. The lowest BCUT2D eigenvalue weighted by molar-refractivity contribution is -0.120. The van der Waals surface area contributed by atoms with Gasteiger partial charge in [0.15, 0.2) is 11.6 Å². The first-order chi connectivity index (χ1) is 9.04. The molecule has 0 aliphatic rings. The van der Waals surface area contributed by atoms with Gasteiger partial charge in [0.1, 0.15) is 5.69 Å². The van der Waals surface area contributed by atoms with Gasteiger partial charge < -0.3 is 5.32 Å². The standard InChI is InChI=1S/C12H16F2N2O3S/c1-6(2)7(3)12(17)16-11-9(13)4-8(5-10(11)14)20(15,18)19/h4-7H,1-3H3,(H,16,17)(H2,15,18,19). The van der Waals surface area contributed by atoms with E-state index in [1.165, 1.54) is 0 Å². The molecule has 0 aromatic heterocycles. The number of halogens is 2. The highest BCUT2D eigenvalue weighted by Crippen LogP contribution is 2.24. The van der Waals surface area contributed by atoms with E-state index >= 15 is 0 Å². The SMILES string of the molecule is CC(C)C(C)C(=O)Nc1c(F)cc(S(N)(=O)=O)cc1F. The third-order valence-electron chi connectivity index (χ3n) is 3.01. The number of rotatable bonds is 4. The number of nitrogens with two attached hydrogens (primary N) is 1. The van der Waals surface area contributed by atoms with Crippen LogP contribution in [0.5, 0.6) is 0 Å². The fourth-order valence-electron chi connectivity index (χ4n) is 1.37. The summed E-state index contributed by atoms with van der Waals surface area (Å²) in [6.45, 7) is 5.20. The number of hydrogen-bond acceptors (Lipinski definition) is 3. The van der Waals surface area contributed by atoms with Crippen molar-refractivity contribution in [2.45, 2.75) is 25.7 Å². The molecule has 0 radical (unpaired) electrons. The molecule has 5 nitrogen and oxygen atoms in total. The molecular weight excluding hydrogens is 290 g/mol. The van der Waals surface area contributed by atoms with E-state index in [2.05, 4.69) is 5.32 Å². The topological polar surface area (TPSA) is 89.3 Å². The molecule has 1 unspecified atom stereocenters. The molecule has 0 aliphatic heterocycles. The van der Waals surface area contributed by atoms with Crippen molar-refractivity contribution >= 4 is 21.6 Å². The molecule has 20 heavy (non-hydrogen) atoms. The number of nitrogens with one attached hydrogen (secondary N) is 1. The van der Waals surface area contributed by atoms with Crippen molar-refractivity contribution in [1.29, 1.82) is 0 Å². The summed E-state index contributed by atoms with van der Waals surface area (Å²) in [6, 6.07) is 1.13. The number of hydrogen-bond donors (Lipinski definition) is 2. The highest BCUT2D eigenvalue weighted by atomic mass is 32.2. The van der Waals surface area contributed by atoms with Crippen LogP contribution in [-0.4, -0.2) is 14.3 Å². The molecule has 1 aromatic rings. The number of benzene rings is 1. The Kier molecular flexibility index (Phi) is 4.82. The summed E-state index contributed by atoms with van der Waals surface area (Å²) in [5.41, 5.74) is -0.685. The summed E-state index contributed by atoms with van der Waals surface area (Å²) in [6.07, 6.45) is 0. The van der Waals surface area contributed by atoms with Crippen LogP contribution in [-0.2, 0) is 14.8 Å². The first-order valence-corrected chi connectivity index (χ1v) is 7.41. The van der Waals surface area contributed by atoms with Crippen LogP contribution in [0.1, 0.15) is 20.8 Å². The Hall–Kier alpha value is -1.54. The van der Waals surface area contributed by atoms with E-state index in [0.717, 1.165) is 0 Å². The Bertz CT molecular complexity index is 607. The van der Waals surface area contributed by atoms with E-state index in [4.69, 9.17) is 5.14 Å². The van der Waals surface area contributed by atoms with Crippen molar-refractivity contribution < 1.29 is 22.0 Å². The minimum absolute atomic E-state index is 0.00943. The Morgan fingerprint density at radius 2 is 1.65 bits per heavy atom. The van der Waals surface area contributed by atoms with Gasteiger partial charge in [0, 0.05) is 5.92 Å². The Labute approximate surface area is 116 Å². The van der Waals surface area contributed by atoms with Gasteiger partial charge in [-0.1, -0.05) is 20.8 Å². The molecule has 1 atom stereocenters. The van der Waals surface area contributed by atoms with Crippen molar-refractivity contribution in [2.75, 3.05) is 5.32 Å². The molecule has 0 fully saturated rings. The van der Waals surface area contributed by atoms with Crippen molar-refractivity contribution in [3.8, 4) is 0 Å². The predicted molar refractivity (Wildman–Crippen MR) is 70.4 cm³/mol. The number of anilines is 1. The predicted octanol–water partition coefficient (Wildman–Crippen LogP) is 1.84. The quantitative estimate of drug-likeness (QED) is 0.889. The third-order valence-corrected chi connectivity index (χ3v) is 3.90. The normalized spacial score (nSPS) is 13.3. The van der Waals surface area contributed by atoms with Gasteiger partial charge in [-0.15, -0.1) is 0 Å². The lowest BCUT2D eigenvalue weighted by Gasteiger charge is -2.16. The van der Waals surface area contributed by atoms with Gasteiger partial charge in [-0.25, -0.2) is 22.3 Å². The fourth-order valence-corrected chi connectivity index (χ4v) is 1.91. The summed E-state index contributed by atoms with van der Waals surface area (Å²) in [5, 5.41) is 6.90. The second-order valence-corrected chi connectivity index (χ2v) is 6.39. The monoisotopic (exact) mass is 306 g/mol. The zero-order valence-electron chi connectivity index (χ0n) is 11.3. The second kappa shape index (κ2) is 5.84. The fraction of sp³-hybridized carbons (Fsp3) is 0.417. The summed E-state index contributed by atoms with van der Waals surface area (Å²) in [5.74, 6) is -3.41. The van der Waals surface area contributed by atoms with E-state index in [9.17, 15) is 22.0 Å². The van der Waals surface area contributed by atoms with Crippen LogP contribution in [0.15, 0.2) is 17.0 Å². The van der Waals surface area contributed by atoms with E-state index in [1.807, 2.05) is 0 Å². The molecule has 0 spiro atoms. The molecule has 0 heterocycles. The zero-order chi connectivity index (χ0) is 15.7. The summed E-state index contributed by atoms with van der Waals surface area (Å²) in [7, 11) is -4.22. The molecule has 0 bridgehead atoms.